The van der Waals surface area contributed by atoms with E-state index in [-0.39, 0.29) is 11.3 Å². The van der Waals surface area contributed by atoms with E-state index >= 15 is 0 Å². The summed E-state index contributed by atoms with van der Waals surface area (Å²) in [5.74, 6) is -0.459. The maximum atomic E-state index is 12.1. The van der Waals surface area contributed by atoms with E-state index in [1.165, 1.54) is 23.5 Å². The number of carbonyl (C=O) groups excluding carboxylic acids is 1. The van der Waals surface area contributed by atoms with Crippen molar-refractivity contribution < 1.29 is 13.2 Å². The molecular weight excluding hydrogens is 322 g/mol. The van der Waals surface area contributed by atoms with Gasteiger partial charge in [-0.2, -0.15) is 0 Å². The molecule has 22 heavy (non-hydrogen) atoms. The zero-order valence-corrected chi connectivity index (χ0v) is 13.9. The fraction of sp³-hybridized carbons (Fsp3) is 0.286. The Kier molecular flexibility index (Phi) is 5.28. The van der Waals surface area contributed by atoms with Crippen LogP contribution in [0.25, 0.3) is 0 Å². The third-order valence-electron chi connectivity index (χ3n) is 2.97. The average Bonchev–Trinajstić information content (AvgIpc) is 2.90. The first-order valence-corrected chi connectivity index (χ1v) is 9.07. The van der Waals surface area contributed by atoms with E-state index < -0.39 is 15.9 Å². The number of nitrogens with zero attached hydrogens (tertiary/aromatic N) is 1. The van der Waals surface area contributed by atoms with E-state index in [1.54, 1.807) is 17.5 Å². The maximum Gasteiger partial charge on any atom is 0.257 e. The minimum Gasteiger partial charge on any atom is -0.277 e. The van der Waals surface area contributed by atoms with Gasteiger partial charge in [-0.05, 0) is 31.0 Å². The highest BCUT2D eigenvalue weighted by Gasteiger charge is 2.15. The molecule has 0 bridgehead atoms. The predicted molar refractivity (Wildman–Crippen MR) is 84.8 cm³/mol. The molecule has 2 N–H and O–H groups in total. The van der Waals surface area contributed by atoms with Crippen LogP contribution in [-0.2, 0) is 27.7 Å². The second kappa shape index (κ2) is 6.99. The molecule has 8 heteroatoms. The Bertz CT molecular complexity index is 752. The minimum atomic E-state index is -3.77. The summed E-state index contributed by atoms with van der Waals surface area (Å²) in [6.45, 7) is 3.83. The van der Waals surface area contributed by atoms with Crippen LogP contribution in [0.5, 0.6) is 0 Å². The van der Waals surface area contributed by atoms with Crippen LogP contribution in [0, 0.1) is 6.92 Å². The van der Waals surface area contributed by atoms with Gasteiger partial charge in [0.15, 0.2) is 0 Å². The molecule has 0 aliphatic carbocycles. The molecule has 1 amide bonds. The van der Waals surface area contributed by atoms with Crippen LogP contribution in [0.3, 0.4) is 0 Å². The van der Waals surface area contributed by atoms with Gasteiger partial charge in [-0.3, -0.25) is 10.2 Å². The summed E-state index contributed by atoms with van der Waals surface area (Å²) >= 11 is 1.44. The topological polar surface area (TPSA) is 88.2 Å². The largest absolute Gasteiger partial charge is 0.277 e. The number of hydrogen-bond acceptors (Lipinski definition) is 5. The minimum absolute atomic E-state index is 0.0294. The first-order valence-electron chi connectivity index (χ1n) is 6.71. The van der Waals surface area contributed by atoms with Crippen molar-refractivity contribution in [2.75, 3.05) is 0 Å². The van der Waals surface area contributed by atoms with Gasteiger partial charge < -0.3 is 0 Å². The first kappa shape index (κ1) is 16.6. The summed E-state index contributed by atoms with van der Waals surface area (Å²) in [5.41, 5.74) is 3.86. The number of carbonyl (C=O) groups is 1. The van der Waals surface area contributed by atoms with Crippen LogP contribution in [0.2, 0.25) is 0 Å². The van der Waals surface area contributed by atoms with E-state index in [0.29, 0.717) is 5.69 Å². The van der Waals surface area contributed by atoms with Crippen molar-refractivity contribution in [3.05, 3.63) is 45.9 Å². The predicted octanol–water partition coefficient (Wildman–Crippen LogP) is 1.57. The molecule has 0 fully saturated rings. The van der Waals surface area contributed by atoms with E-state index in [1.807, 2.05) is 13.8 Å². The van der Waals surface area contributed by atoms with Crippen LogP contribution in [0.4, 0.5) is 0 Å². The highest BCUT2D eigenvalue weighted by Crippen LogP contribution is 2.11. The molecule has 0 radical (unpaired) electrons. The number of benzene rings is 1. The number of hydrazine groups is 1. The number of nitrogens with one attached hydrogen (secondary N) is 2. The van der Waals surface area contributed by atoms with Gasteiger partial charge in [0.05, 0.1) is 22.0 Å². The molecule has 0 saturated carbocycles. The van der Waals surface area contributed by atoms with E-state index in [0.717, 1.165) is 17.0 Å². The molecule has 1 aromatic heterocycles. The number of aryl methyl sites for hydroxylation is 2. The van der Waals surface area contributed by atoms with Gasteiger partial charge in [-0.15, -0.1) is 16.2 Å². The van der Waals surface area contributed by atoms with Crippen LogP contribution < -0.4 is 10.3 Å². The molecule has 0 aliphatic heterocycles. The van der Waals surface area contributed by atoms with E-state index in [2.05, 4.69) is 15.2 Å². The zero-order valence-electron chi connectivity index (χ0n) is 12.3. The standard InChI is InChI=1S/C14H17N3O3S2/c1-3-11-4-6-13(7-5-11)22(19,20)17-16-14(18)8-12-9-21-10(2)15-12/h4-7,9,17H,3,8H2,1-2H3,(H,16,18). The summed E-state index contributed by atoms with van der Waals surface area (Å²) in [7, 11) is -3.77. The summed E-state index contributed by atoms with van der Waals surface area (Å²) in [4.78, 5) is 18.1. The highest BCUT2D eigenvalue weighted by atomic mass is 32.2. The number of hydrogen-bond donors (Lipinski definition) is 2. The lowest BCUT2D eigenvalue weighted by atomic mass is 10.2. The monoisotopic (exact) mass is 339 g/mol. The average molecular weight is 339 g/mol. The maximum absolute atomic E-state index is 12.1. The number of amides is 1. The third-order valence-corrected chi connectivity index (χ3v) is 5.06. The zero-order chi connectivity index (χ0) is 16.2. The van der Waals surface area contributed by atoms with Gasteiger partial charge in [0.25, 0.3) is 10.0 Å². The molecule has 0 atom stereocenters. The summed E-state index contributed by atoms with van der Waals surface area (Å²) < 4.78 is 24.1. The van der Waals surface area contributed by atoms with Gasteiger partial charge in [0, 0.05) is 5.38 Å². The quantitative estimate of drug-likeness (QED) is 0.782. The Balaban J connectivity index is 1.95. The van der Waals surface area contributed by atoms with Gasteiger partial charge in [-0.1, -0.05) is 19.1 Å². The van der Waals surface area contributed by atoms with Crippen LogP contribution in [0.1, 0.15) is 23.2 Å². The summed E-state index contributed by atoms with van der Waals surface area (Å²) in [6.07, 6.45) is 0.860. The van der Waals surface area contributed by atoms with Crippen molar-refractivity contribution in [1.29, 1.82) is 0 Å². The molecule has 0 spiro atoms. The number of sulfonamides is 1. The molecule has 6 nitrogen and oxygen atoms in total. The number of thiazole rings is 1. The fourth-order valence-electron chi connectivity index (χ4n) is 1.79. The van der Waals surface area contributed by atoms with Crippen LogP contribution >= 0.6 is 11.3 Å². The van der Waals surface area contributed by atoms with Crippen molar-refractivity contribution in [3.63, 3.8) is 0 Å². The van der Waals surface area contributed by atoms with E-state index in [4.69, 9.17) is 0 Å². The molecular formula is C14H17N3O3S2. The van der Waals surface area contributed by atoms with Crippen molar-refractivity contribution in [2.45, 2.75) is 31.6 Å². The first-order chi connectivity index (χ1) is 10.4. The Morgan fingerprint density at radius 2 is 1.95 bits per heavy atom. The van der Waals surface area contributed by atoms with Crippen molar-refractivity contribution in [1.82, 2.24) is 15.2 Å². The second-order valence-corrected chi connectivity index (χ2v) is 7.43. The molecule has 2 rings (SSSR count). The van der Waals surface area contributed by atoms with E-state index in [9.17, 15) is 13.2 Å². The highest BCUT2D eigenvalue weighted by molar-refractivity contribution is 7.89. The second-order valence-electron chi connectivity index (χ2n) is 4.69. The molecule has 0 unspecified atom stereocenters. The molecule has 0 aliphatic rings. The normalized spacial score (nSPS) is 11.4. The summed E-state index contributed by atoms with van der Waals surface area (Å²) in [6, 6.07) is 6.51. The Morgan fingerprint density at radius 3 is 2.50 bits per heavy atom. The third kappa shape index (κ3) is 4.36. The van der Waals surface area contributed by atoms with Gasteiger partial charge in [0.2, 0.25) is 5.91 Å². The van der Waals surface area contributed by atoms with Crippen LogP contribution in [-0.4, -0.2) is 19.3 Å². The molecule has 1 heterocycles. The van der Waals surface area contributed by atoms with Gasteiger partial charge >= 0.3 is 0 Å². The summed E-state index contributed by atoms with van der Waals surface area (Å²) in [5, 5.41) is 2.63. The molecule has 118 valence electrons. The molecule has 1 aromatic carbocycles. The number of rotatable bonds is 6. The van der Waals surface area contributed by atoms with Crippen LogP contribution in [0.15, 0.2) is 34.5 Å². The molecule has 2 aromatic rings. The Labute approximate surface area is 133 Å². The lowest BCUT2D eigenvalue weighted by molar-refractivity contribution is -0.120. The van der Waals surface area contributed by atoms with Crippen molar-refractivity contribution in [3.8, 4) is 0 Å². The fourth-order valence-corrected chi connectivity index (χ4v) is 3.26. The van der Waals surface area contributed by atoms with Gasteiger partial charge in [-0.25, -0.2) is 13.4 Å². The SMILES string of the molecule is CCc1ccc(S(=O)(=O)NNC(=O)Cc2csc(C)n2)cc1. The smallest absolute Gasteiger partial charge is 0.257 e. The molecule has 0 saturated heterocycles. The lowest BCUT2D eigenvalue weighted by Gasteiger charge is -2.08. The van der Waals surface area contributed by atoms with Gasteiger partial charge in [0.1, 0.15) is 0 Å². The Morgan fingerprint density at radius 1 is 1.27 bits per heavy atom. The Hall–Kier alpha value is -1.77. The van der Waals surface area contributed by atoms with Crippen molar-refractivity contribution >= 4 is 27.3 Å². The number of aromatic nitrogens is 1. The van der Waals surface area contributed by atoms with Crippen molar-refractivity contribution in [2.24, 2.45) is 0 Å². The lowest BCUT2D eigenvalue weighted by Crippen LogP contribution is -2.42.